The number of halogens is 2. The Labute approximate surface area is 158 Å². The van der Waals surface area contributed by atoms with Crippen LogP contribution < -0.4 is 5.32 Å². The molecule has 4 aromatic rings. The quantitative estimate of drug-likeness (QED) is 0.546. The van der Waals surface area contributed by atoms with Crippen molar-refractivity contribution in [2.45, 2.75) is 4.90 Å². The standard InChI is InChI=1S/C19H13F2N3O3S/c20-14-8-15(21)10-16(9-14)23-19(25)13-4-6-24(11-13)28(26,27)17-1-2-18-12(7-17)3-5-22-18/h1-11,22H,(H,23,25). The average Bonchev–Trinajstić information content (AvgIpc) is 3.30. The predicted molar refractivity (Wildman–Crippen MR) is 99.6 cm³/mol. The summed E-state index contributed by atoms with van der Waals surface area (Å²) in [6.45, 7) is 0. The van der Waals surface area contributed by atoms with E-state index in [9.17, 15) is 22.0 Å². The van der Waals surface area contributed by atoms with Crippen molar-refractivity contribution in [2.75, 3.05) is 5.32 Å². The maximum absolute atomic E-state index is 13.2. The molecule has 142 valence electrons. The van der Waals surface area contributed by atoms with E-state index in [0.29, 0.717) is 6.07 Å². The zero-order valence-corrected chi connectivity index (χ0v) is 15.0. The van der Waals surface area contributed by atoms with E-state index < -0.39 is 27.6 Å². The first-order valence-electron chi connectivity index (χ1n) is 8.11. The summed E-state index contributed by atoms with van der Waals surface area (Å²) < 4.78 is 53.0. The molecular weight excluding hydrogens is 388 g/mol. The Bertz CT molecular complexity index is 1290. The van der Waals surface area contributed by atoms with E-state index >= 15 is 0 Å². The number of aromatic nitrogens is 2. The Balaban J connectivity index is 1.61. The number of carbonyl (C=O) groups is 1. The summed E-state index contributed by atoms with van der Waals surface area (Å²) in [5.74, 6) is -2.37. The molecule has 0 unspecified atom stereocenters. The molecule has 28 heavy (non-hydrogen) atoms. The third-order valence-electron chi connectivity index (χ3n) is 4.15. The van der Waals surface area contributed by atoms with Crippen molar-refractivity contribution in [1.82, 2.24) is 8.96 Å². The molecule has 4 rings (SSSR count). The molecule has 0 atom stereocenters. The highest BCUT2D eigenvalue weighted by Gasteiger charge is 2.19. The molecule has 0 saturated heterocycles. The summed E-state index contributed by atoms with van der Waals surface area (Å²) in [5, 5.41) is 3.07. The van der Waals surface area contributed by atoms with E-state index in [4.69, 9.17) is 0 Å². The Hall–Kier alpha value is -3.46. The van der Waals surface area contributed by atoms with Crippen LogP contribution in [0.2, 0.25) is 0 Å². The van der Waals surface area contributed by atoms with Gasteiger partial charge >= 0.3 is 0 Å². The van der Waals surface area contributed by atoms with E-state index in [0.717, 1.165) is 33.2 Å². The summed E-state index contributed by atoms with van der Waals surface area (Å²) in [5.41, 5.74) is 0.751. The molecule has 2 N–H and O–H groups in total. The summed E-state index contributed by atoms with van der Waals surface area (Å²) >= 11 is 0. The number of nitrogens with zero attached hydrogens (tertiary/aromatic N) is 1. The number of aromatic amines is 1. The van der Waals surface area contributed by atoms with Crippen molar-refractivity contribution in [3.8, 4) is 0 Å². The Morgan fingerprint density at radius 3 is 2.50 bits per heavy atom. The Kier molecular flexibility index (Phi) is 4.23. The molecule has 2 aromatic carbocycles. The fraction of sp³-hybridized carbons (Fsp3) is 0. The van der Waals surface area contributed by atoms with Gasteiger partial charge in [-0.25, -0.2) is 21.2 Å². The van der Waals surface area contributed by atoms with Crippen molar-refractivity contribution in [3.05, 3.63) is 84.3 Å². The van der Waals surface area contributed by atoms with Gasteiger partial charge < -0.3 is 10.3 Å². The molecule has 0 spiro atoms. The van der Waals surface area contributed by atoms with Crippen LogP contribution in [0.5, 0.6) is 0 Å². The lowest BCUT2D eigenvalue weighted by atomic mass is 10.2. The number of hydrogen-bond acceptors (Lipinski definition) is 3. The van der Waals surface area contributed by atoms with Gasteiger partial charge in [0.1, 0.15) is 11.6 Å². The predicted octanol–water partition coefficient (Wildman–Crippen LogP) is 3.74. The van der Waals surface area contributed by atoms with Gasteiger partial charge in [-0.3, -0.25) is 4.79 Å². The summed E-state index contributed by atoms with van der Waals surface area (Å²) in [7, 11) is -3.90. The second-order valence-electron chi connectivity index (χ2n) is 6.07. The lowest BCUT2D eigenvalue weighted by molar-refractivity contribution is 0.102. The number of hydrogen-bond donors (Lipinski definition) is 2. The summed E-state index contributed by atoms with van der Waals surface area (Å²) in [4.78, 5) is 15.3. The number of fused-ring (bicyclic) bond motifs is 1. The zero-order chi connectivity index (χ0) is 19.9. The minimum absolute atomic E-state index is 0.0240. The Morgan fingerprint density at radius 2 is 1.75 bits per heavy atom. The molecule has 0 fully saturated rings. The molecule has 9 heteroatoms. The highest BCUT2D eigenvalue weighted by Crippen LogP contribution is 2.21. The number of anilines is 1. The van der Waals surface area contributed by atoms with Crippen LogP contribution in [0, 0.1) is 11.6 Å². The van der Waals surface area contributed by atoms with Gasteiger partial charge in [-0.2, -0.15) is 0 Å². The van der Waals surface area contributed by atoms with Gasteiger partial charge in [0.2, 0.25) is 0 Å². The molecule has 0 aliphatic rings. The summed E-state index contributed by atoms with van der Waals surface area (Å²) in [6.07, 6.45) is 4.08. The third kappa shape index (κ3) is 3.27. The molecule has 0 aliphatic carbocycles. The highest BCUT2D eigenvalue weighted by atomic mass is 32.2. The van der Waals surface area contributed by atoms with Gasteiger partial charge in [-0.1, -0.05) is 0 Å². The maximum atomic E-state index is 13.2. The summed E-state index contributed by atoms with van der Waals surface area (Å²) in [6, 6.07) is 10.3. The van der Waals surface area contributed by atoms with E-state index in [-0.39, 0.29) is 16.1 Å². The highest BCUT2D eigenvalue weighted by molar-refractivity contribution is 7.90. The molecule has 0 aliphatic heterocycles. The maximum Gasteiger partial charge on any atom is 0.267 e. The van der Waals surface area contributed by atoms with Gasteiger partial charge in [-0.15, -0.1) is 0 Å². The minimum Gasteiger partial charge on any atom is -0.361 e. The van der Waals surface area contributed by atoms with Gasteiger partial charge in [0.25, 0.3) is 15.9 Å². The number of rotatable bonds is 4. The van der Waals surface area contributed by atoms with E-state index in [1.807, 2.05) is 0 Å². The number of carbonyl (C=O) groups excluding carboxylic acids is 1. The van der Waals surface area contributed by atoms with Gasteiger partial charge in [0, 0.05) is 41.2 Å². The van der Waals surface area contributed by atoms with Crippen molar-refractivity contribution in [3.63, 3.8) is 0 Å². The van der Waals surface area contributed by atoms with E-state index in [1.54, 1.807) is 18.3 Å². The van der Waals surface area contributed by atoms with Crippen LogP contribution in [0.3, 0.4) is 0 Å². The molecule has 2 aromatic heterocycles. The minimum atomic E-state index is -3.90. The molecular formula is C19H13F2N3O3S. The smallest absolute Gasteiger partial charge is 0.267 e. The second kappa shape index (κ2) is 6.61. The van der Waals surface area contributed by atoms with Crippen LogP contribution in [-0.2, 0) is 10.0 Å². The lowest BCUT2D eigenvalue weighted by Gasteiger charge is -2.06. The first kappa shape index (κ1) is 17.9. The molecule has 6 nitrogen and oxygen atoms in total. The monoisotopic (exact) mass is 401 g/mol. The number of H-pyrrole nitrogens is 1. The fourth-order valence-electron chi connectivity index (χ4n) is 2.80. The van der Waals surface area contributed by atoms with Gasteiger partial charge in [0.05, 0.1) is 10.5 Å². The van der Waals surface area contributed by atoms with Crippen molar-refractivity contribution in [2.24, 2.45) is 0 Å². The molecule has 0 radical (unpaired) electrons. The van der Waals surface area contributed by atoms with Crippen LogP contribution >= 0.6 is 0 Å². The largest absolute Gasteiger partial charge is 0.361 e. The SMILES string of the molecule is O=C(Nc1cc(F)cc(F)c1)c1ccn(S(=O)(=O)c2ccc3[nH]ccc3c2)c1. The molecule has 1 amide bonds. The van der Waals surface area contributed by atoms with Gasteiger partial charge in [-0.05, 0) is 42.5 Å². The number of amides is 1. The van der Waals surface area contributed by atoms with Crippen molar-refractivity contribution in [1.29, 1.82) is 0 Å². The topological polar surface area (TPSA) is 84.0 Å². The van der Waals surface area contributed by atoms with Crippen LogP contribution in [0.4, 0.5) is 14.5 Å². The van der Waals surface area contributed by atoms with Crippen molar-refractivity contribution < 1.29 is 22.0 Å². The van der Waals surface area contributed by atoms with E-state index in [1.165, 1.54) is 24.4 Å². The van der Waals surface area contributed by atoms with Crippen LogP contribution in [0.25, 0.3) is 10.9 Å². The fourth-order valence-corrected chi connectivity index (χ4v) is 4.04. The first-order chi connectivity index (χ1) is 13.3. The van der Waals surface area contributed by atoms with Crippen molar-refractivity contribution >= 4 is 32.5 Å². The van der Waals surface area contributed by atoms with Gasteiger partial charge in [0.15, 0.2) is 0 Å². The van der Waals surface area contributed by atoms with E-state index in [2.05, 4.69) is 10.3 Å². The average molecular weight is 401 g/mol. The third-order valence-corrected chi connectivity index (χ3v) is 5.78. The number of benzene rings is 2. The first-order valence-corrected chi connectivity index (χ1v) is 9.55. The lowest BCUT2D eigenvalue weighted by Crippen LogP contribution is -2.13. The van der Waals surface area contributed by atoms with Crippen LogP contribution in [-0.4, -0.2) is 23.3 Å². The molecule has 0 saturated carbocycles. The van der Waals surface area contributed by atoms with Crippen LogP contribution in [0.15, 0.2) is 72.0 Å². The zero-order valence-electron chi connectivity index (χ0n) is 14.2. The molecule has 2 heterocycles. The molecule has 0 bridgehead atoms. The number of nitrogens with one attached hydrogen (secondary N) is 2. The normalized spacial score (nSPS) is 11.6. The van der Waals surface area contributed by atoms with Crippen LogP contribution in [0.1, 0.15) is 10.4 Å². The second-order valence-corrected chi connectivity index (χ2v) is 7.92. The Morgan fingerprint density at radius 1 is 1.00 bits per heavy atom.